The molecule has 0 bridgehead atoms. The summed E-state index contributed by atoms with van der Waals surface area (Å²) in [6.45, 7) is 0.779. The molecule has 0 aliphatic rings. The van der Waals surface area contributed by atoms with E-state index < -0.39 is 4.92 Å². The SMILES string of the molecule is O=C(Cc1ccc([N+](=O)[O-])cc1)NN=Cc1ccc(OCc2ccccc2)cc1OCc1ccccc1. The van der Waals surface area contributed by atoms with Crippen molar-refractivity contribution in [1.82, 2.24) is 5.43 Å². The zero-order chi connectivity index (χ0) is 25.9. The van der Waals surface area contributed by atoms with Gasteiger partial charge in [0.1, 0.15) is 24.7 Å². The van der Waals surface area contributed by atoms with E-state index in [1.807, 2.05) is 72.8 Å². The lowest BCUT2D eigenvalue weighted by atomic mass is 10.1. The van der Waals surface area contributed by atoms with Crippen molar-refractivity contribution in [2.75, 3.05) is 0 Å². The third-order valence-corrected chi connectivity index (χ3v) is 5.38. The predicted octanol–water partition coefficient (Wildman–Crippen LogP) is 5.45. The summed E-state index contributed by atoms with van der Waals surface area (Å²) in [6, 6.07) is 30.9. The van der Waals surface area contributed by atoms with E-state index in [0.717, 1.165) is 11.1 Å². The molecule has 0 saturated heterocycles. The van der Waals surface area contributed by atoms with E-state index in [-0.39, 0.29) is 18.0 Å². The van der Waals surface area contributed by atoms with Crippen LogP contribution < -0.4 is 14.9 Å². The number of amides is 1. The lowest BCUT2D eigenvalue weighted by Crippen LogP contribution is -2.19. The number of hydrazone groups is 1. The molecule has 186 valence electrons. The zero-order valence-electron chi connectivity index (χ0n) is 19.9. The topological polar surface area (TPSA) is 103 Å². The van der Waals surface area contributed by atoms with Crippen LogP contribution in [0.5, 0.6) is 11.5 Å². The largest absolute Gasteiger partial charge is 0.489 e. The van der Waals surface area contributed by atoms with Crippen LogP contribution in [0.3, 0.4) is 0 Å². The number of carbonyl (C=O) groups is 1. The smallest absolute Gasteiger partial charge is 0.269 e. The maximum atomic E-state index is 12.3. The Morgan fingerprint density at radius 2 is 1.43 bits per heavy atom. The van der Waals surface area contributed by atoms with Crippen molar-refractivity contribution < 1.29 is 19.2 Å². The molecule has 8 heteroatoms. The number of nitrogens with one attached hydrogen (secondary N) is 1. The van der Waals surface area contributed by atoms with Crippen molar-refractivity contribution in [2.24, 2.45) is 5.10 Å². The Bertz CT molecular complexity index is 1360. The highest BCUT2D eigenvalue weighted by Crippen LogP contribution is 2.25. The Labute approximate surface area is 214 Å². The quantitative estimate of drug-likeness (QED) is 0.169. The third kappa shape index (κ3) is 7.76. The minimum absolute atomic E-state index is 0.0265. The normalized spacial score (nSPS) is 10.7. The number of rotatable bonds is 11. The molecular formula is C29H25N3O5. The zero-order valence-corrected chi connectivity index (χ0v) is 19.9. The molecule has 37 heavy (non-hydrogen) atoms. The summed E-state index contributed by atoms with van der Waals surface area (Å²) in [6.07, 6.45) is 1.55. The first-order valence-corrected chi connectivity index (χ1v) is 11.6. The fraction of sp³-hybridized carbons (Fsp3) is 0.103. The molecule has 0 fully saturated rings. The van der Waals surface area contributed by atoms with Crippen LogP contribution in [0.1, 0.15) is 22.3 Å². The number of non-ortho nitro benzene ring substituents is 1. The number of nitrogens with zero attached hydrogens (tertiary/aromatic N) is 2. The first-order chi connectivity index (χ1) is 18.1. The summed E-state index contributed by atoms with van der Waals surface area (Å²) >= 11 is 0. The van der Waals surface area contributed by atoms with Crippen molar-refractivity contribution in [3.63, 3.8) is 0 Å². The summed E-state index contributed by atoms with van der Waals surface area (Å²) < 4.78 is 12.0. The van der Waals surface area contributed by atoms with Crippen molar-refractivity contribution in [3.05, 3.63) is 135 Å². The second-order valence-electron chi connectivity index (χ2n) is 8.14. The number of hydrogen-bond donors (Lipinski definition) is 1. The molecule has 4 rings (SSSR count). The number of benzene rings is 4. The molecule has 0 aromatic heterocycles. The number of nitro benzene ring substituents is 1. The van der Waals surface area contributed by atoms with Crippen LogP contribution in [-0.4, -0.2) is 17.0 Å². The Morgan fingerprint density at radius 1 is 0.811 bits per heavy atom. The van der Waals surface area contributed by atoms with Gasteiger partial charge in [0, 0.05) is 23.8 Å². The molecule has 0 aliphatic carbocycles. The predicted molar refractivity (Wildman–Crippen MR) is 141 cm³/mol. The van der Waals surface area contributed by atoms with Gasteiger partial charge in [-0.05, 0) is 28.8 Å². The fourth-order valence-corrected chi connectivity index (χ4v) is 3.45. The van der Waals surface area contributed by atoms with Crippen molar-refractivity contribution >= 4 is 17.8 Å². The Kier molecular flexibility index (Phi) is 8.59. The van der Waals surface area contributed by atoms with Gasteiger partial charge < -0.3 is 9.47 Å². The minimum Gasteiger partial charge on any atom is -0.489 e. The first kappa shape index (κ1) is 25.1. The highest BCUT2D eigenvalue weighted by atomic mass is 16.6. The molecule has 1 amide bonds. The van der Waals surface area contributed by atoms with Crippen LogP contribution in [-0.2, 0) is 24.4 Å². The van der Waals surface area contributed by atoms with Gasteiger partial charge in [-0.15, -0.1) is 0 Å². The van der Waals surface area contributed by atoms with Crippen LogP contribution >= 0.6 is 0 Å². The van der Waals surface area contributed by atoms with Crippen molar-refractivity contribution in [3.8, 4) is 11.5 Å². The van der Waals surface area contributed by atoms with E-state index in [4.69, 9.17) is 9.47 Å². The molecular weight excluding hydrogens is 470 g/mol. The van der Waals surface area contributed by atoms with Crippen LogP contribution in [0.2, 0.25) is 0 Å². The van der Waals surface area contributed by atoms with E-state index in [2.05, 4.69) is 10.5 Å². The lowest BCUT2D eigenvalue weighted by molar-refractivity contribution is -0.384. The molecule has 0 unspecified atom stereocenters. The van der Waals surface area contributed by atoms with Gasteiger partial charge in [0.15, 0.2) is 0 Å². The minimum atomic E-state index is -0.483. The number of hydrogen-bond acceptors (Lipinski definition) is 6. The molecule has 0 atom stereocenters. The van der Waals surface area contributed by atoms with E-state index in [0.29, 0.717) is 35.8 Å². The van der Waals surface area contributed by atoms with Gasteiger partial charge in [0.2, 0.25) is 5.91 Å². The second kappa shape index (κ2) is 12.6. The van der Waals surface area contributed by atoms with Gasteiger partial charge in [-0.25, -0.2) is 5.43 Å². The van der Waals surface area contributed by atoms with Crippen LogP contribution in [0.25, 0.3) is 0 Å². The van der Waals surface area contributed by atoms with Gasteiger partial charge >= 0.3 is 0 Å². The number of ether oxygens (including phenoxy) is 2. The lowest BCUT2D eigenvalue weighted by Gasteiger charge is -2.12. The van der Waals surface area contributed by atoms with Crippen LogP contribution in [0, 0.1) is 10.1 Å². The van der Waals surface area contributed by atoms with E-state index in [1.54, 1.807) is 18.2 Å². The van der Waals surface area contributed by atoms with Gasteiger partial charge in [0.25, 0.3) is 5.69 Å². The standard InChI is InChI=1S/C29H25N3O5/c33-29(17-22-11-14-26(15-12-22)32(34)35)31-30-19-25-13-16-27(36-20-23-7-3-1-4-8-23)18-28(25)37-21-24-9-5-2-6-10-24/h1-16,18-19H,17,20-21H2,(H,31,33). The molecule has 0 spiro atoms. The summed E-state index contributed by atoms with van der Waals surface area (Å²) in [4.78, 5) is 22.6. The van der Waals surface area contributed by atoms with Crippen molar-refractivity contribution in [1.29, 1.82) is 0 Å². The average Bonchev–Trinajstić information content (AvgIpc) is 2.93. The molecule has 0 radical (unpaired) electrons. The molecule has 1 N–H and O–H groups in total. The van der Waals surface area contributed by atoms with Crippen LogP contribution in [0.15, 0.2) is 108 Å². The first-order valence-electron chi connectivity index (χ1n) is 11.6. The molecule has 0 heterocycles. The summed E-state index contributed by atoms with van der Waals surface area (Å²) in [5.74, 6) is 0.855. The molecule has 0 aliphatic heterocycles. The van der Waals surface area contributed by atoms with Gasteiger partial charge in [-0.1, -0.05) is 72.8 Å². The van der Waals surface area contributed by atoms with E-state index in [9.17, 15) is 14.9 Å². The summed E-state index contributed by atoms with van der Waals surface area (Å²) in [5.41, 5.74) is 5.83. The highest BCUT2D eigenvalue weighted by molar-refractivity contribution is 5.86. The van der Waals surface area contributed by atoms with Gasteiger partial charge in [0.05, 0.1) is 17.6 Å². The molecule has 4 aromatic carbocycles. The number of carbonyl (C=O) groups excluding carboxylic acids is 1. The Hall–Kier alpha value is -4.98. The monoisotopic (exact) mass is 495 g/mol. The molecule has 8 nitrogen and oxygen atoms in total. The third-order valence-electron chi connectivity index (χ3n) is 5.38. The van der Waals surface area contributed by atoms with Crippen molar-refractivity contribution in [2.45, 2.75) is 19.6 Å². The van der Waals surface area contributed by atoms with Gasteiger partial charge in [-0.3, -0.25) is 14.9 Å². The maximum absolute atomic E-state index is 12.3. The van der Waals surface area contributed by atoms with Crippen LogP contribution in [0.4, 0.5) is 5.69 Å². The number of nitro groups is 1. The maximum Gasteiger partial charge on any atom is 0.269 e. The fourth-order valence-electron chi connectivity index (χ4n) is 3.45. The van der Waals surface area contributed by atoms with E-state index >= 15 is 0 Å². The Balaban J connectivity index is 1.42. The second-order valence-corrected chi connectivity index (χ2v) is 8.14. The Morgan fingerprint density at radius 3 is 2.05 bits per heavy atom. The van der Waals surface area contributed by atoms with Gasteiger partial charge in [-0.2, -0.15) is 5.10 Å². The van der Waals surface area contributed by atoms with E-state index in [1.165, 1.54) is 18.3 Å². The summed E-state index contributed by atoms with van der Waals surface area (Å²) in [5, 5.41) is 14.8. The molecule has 0 saturated carbocycles. The highest BCUT2D eigenvalue weighted by Gasteiger charge is 2.09. The molecule has 4 aromatic rings. The average molecular weight is 496 g/mol. The summed E-state index contributed by atoms with van der Waals surface area (Å²) in [7, 11) is 0.